The number of benzene rings is 1. The Morgan fingerprint density at radius 1 is 1.09 bits per heavy atom. The second-order valence-electron chi connectivity index (χ2n) is 4.71. The van der Waals surface area contributed by atoms with Crippen molar-refractivity contribution in [3.8, 4) is 5.75 Å². The molecule has 2 amide bonds. The Kier molecular flexibility index (Phi) is 4.44. The molecule has 0 radical (unpaired) electrons. The zero-order valence-electron chi connectivity index (χ0n) is 12.1. The van der Waals surface area contributed by atoms with E-state index in [0.717, 1.165) is 8.84 Å². The Morgan fingerprint density at radius 2 is 1.64 bits per heavy atom. The molecular weight excluding hydrogens is 329 g/mol. The number of carbonyl (C=O) groups is 2. The van der Waals surface area contributed by atoms with Crippen molar-refractivity contribution < 1.29 is 14.7 Å². The van der Waals surface area contributed by atoms with Gasteiger partial charge in [-0.1, -0.05) is 0 Å². The number of hydrogen-bond donors (Lipinski definition) is 1. The van der Waals surface area contributed by atoms with Crippen LogP contribution >= 0.6 is 23.6 Å². The van der Waals surface area contributed by atoms with Crippen molar-refractivity contribution in [2.24, 2.45) is 0 Å². The minimum atomic E-state index is -0.501. The molecular formula is C14H13Cl2N3O3. The van der Waals surface area contributed by atoms with Gasteiger partial charge in [-0.2, -0.15) is 0 Å². The zero-order valence-corrected chi connectivity index (χ0v) is 13.6. The predicted octanol–water partition coefficient (Wildman–Crippen LogP) is 3.26. The van der Waals surface area contributed by atoms with Crippen LogP contribution in [0.15, 0.2) is 18.2 Å². The van der Waals surface area contributed by atoms with Gasteiger partial charge in [0.25, 0.3) is 0 Å². The highest BCUT2D eigenvalue weighted by molar-refractivity contribution is 6.39. The lowest BCUT2D eigenvalue weighted by Crippen LogP contribution is -2.20. The van der Waals surface area contributed by atoms with Crippen molar-refractivity contribution >= 4 is 57.6 Å². The molecule has 6 nitrogen and oxygen atoms in total. The summed E-state index contributed by atoms with van der Waals surface area (Å²) in [6.45, 7) is 4.28. The van der Waals surface area contributed by atoms with Crippen LogP contribution in [0.1, 0.15) is 19.5 Å². The molecule has 1 heterocycles. The van der Waals surface area contributed by atoms with Crippen LogP contribution in [0.2, 0.25) is 0 Å². The van der Waals surface area contributed by atoms with Gasteiger partial charge in [0.05, 0.1) is 5.69 Å². The molecule has 0 aliphatic carbocycles. The average Bonchev–Trinajstić information content (AvgIpc) is 2.46. The van der Waals surface area contributed by atoms with Gasteiger partial charge in [-0.3, -0.25) is 9.59 Å². The number of pyridine rings is 1. The van der Waals surface area contributed by atoms with Gasteiger partial charge < -0.3 is 5.11 Å². The molecule has 0 saturated carbocycles. The predicted molar refractivity (Wildman–Crippen MR) is 86.2 cm³/mol. The van der Waals surface area contributed by atoms with Crippen LogP contribution in [0.5, 0.6) is 5.75 Å². The van der Waals surface area contributed by atoms with Crippen LogP contribution < -0.4 is 8.84 Å². The molecule has 1 N–H and O–H groups in total. The summed E-state index contributed by atoms with van der Waals surface area (Å²) in [5.41, 5.74) is 1.13. The van der Waals surface area contributed by atoms with Gasteiger partial charge in [0, 0.05) is 48.5 Å². The summed E-state index contributed by atoms with van der Waals surface area (Å²) in [6, 6.07) is 4.76. The minimum Gasteiger partial charge on any atom is -0.504 e. The van der Waals surface area contributed by atoms with Crippen molar-refractivity contribution in [3.05, 3.63) is 23.9 Å². The molecule has 0 bridgehead atoms. The number of rotatable bonds is 2. The van der Waals surface area contributed by atoms with Crippen LogP contribution in [0.4, 0.5) is 11.4 Å². The standard InChI is InChI=1S/C14H13Cl2N3O3/c1-7-4-5-10-11(18(15)8(2)20)6-12(19(16)9(3)21)14(22)13(10)17-7/h4-6,22H,1-3H3. The highest BCUT2D eigenvalue weighted by Gasteiger charge is 2.22. The van der Waals surface area contributed by atoms with Gasteiger partial charge >= 0.3 is 0 Å². The number of hydrogen-bond acceptors (Lipinski definition) is 4. The molecule has 0 saturated heterocycles. The SMILES string of the molecule is CC(=O)N(Cl)c1cc(N(Cl)C(C)=O)c2ccc(C)nc2c1O. The molecule has 2 aromatic rings. The van der Waals surface area contributed by atoms with E-state index in [4.69, 9.17) is 23.6 Å². The molecule has 2 rings (SSSR count). The number of halogens is 2. The van der Waals surface area contributed by atoms with Gasteiger partial charge in [0.2, 0.25) is 11.8 Å². The summed E-state index contributed by atoms with van der Waals surface area (Å²) in [4.78, 5) is 27.3. The van der Waals surface area contributed by atoms with Crippen molar-refractivity contribution in [1.29, 1.82) is 0 Å². The van der Waals surface area contributed by atoms with Gasteiger partial charge in [-0.25, -0.2) is 13.8 Å². The number of nitrogens with zero attached hydrogens (tertiary/aromatic N) is 3. The normalized spacial score (nSPS) is 10.6. The van der Waals surface area contributed by atoms with E-state index in [9.17, 15) is 14.7 Å². The third kappa shape index (κ3) is 2.80. The molecule has 116 valence electrons. The average molecular weight is 342 g/mol. The number of aromatic hydroxyl groups is 1. The fourth-order valence-corrected chi connectivity index (χ4v) is 2.26. The summed E-state index contributed by atoms with van der Waals surface area (Å²) < 4.78 is 1.63. The minimum absolute atomic E-state index is 0.00154. The van der Waals surface area contributed by atoms with E-state index in [1.54, 1.807) is 19.1 Å². The van der Waals surface area contributed by atoms with Crippen molar-refractivity contribution in [3.63, 3.8) is 0 Å². The second kappa shape index (κ2) is 5.98. The molecule has 0 aliphatic heterocycles. The van der Waals surface area contributed by atoms with E-state index in [0.29, 0.717) is 11.1 Å². The summed E-state index contributed by atoms with van der Waals surface area (Å²) in [7, 11) is 0. The molecule has 0 spiro atoms. The van der Waals surface area contributed by atoms with E-state index < -0.39 is 11.8 Å². The lowest BCUT2D eigenvalue weighted by atomic mass is 10.1. The first-order chi connectivity index (χ1) is 10.2. The molecule has 0 unspecified atom stereocenters. The Balaban J connectivity index is 2.85. The number of phenolic OH excluding ortho intramolecular Hbond substituents is 1. The number of aromatic nitrogens is 1. The summed E-state index contributed by atoms with van der Waals surface area (Å²) in [6.07, 6.45) is 0. The third-order valence-corrected chi connectivity index (χ3v) is 3.87. The lowest BCUT2D eigenvalue weighted by molar-refractivity contribution is -0.116. The Labute approximate surface area is 137 Å². The molecule has 0 fully saturated rings. The van der Waals surface area contributed by atoms with E-state index >= 15 is 0 Å². The third-order valence-electron chi connectivity index (χ3n) is 3.03. The number of aryl methyl sites for hydroxylation is 1. The maximum absolute atomic E-state index is 11.6. The highest BCUT2D eigenvalue weighted by Crippen LogP contribution is 2.41. The van der Waals surface area contributed by atoms with Crippen LogP contribution in [0, 0.1) is 6.92 Å². The van der Waals surface area contributed by atoms with Crippen LogP contribution in [-0.4, -0.2) is 21.9 Å². The Bertz CT molecular complexity index is 780. The summed E-state index contributed by atoms with van der Waals surface area (Å²) >= 11 is 11.9. The summed E-state index contributed by atoms with van der Waals surface area (Å²) in [5, 5.41) is 10.8. The number of phenols is 1. The number of fused-ring (bicyclic) bond motifs is 1. The second-order valence-corrected chi connectivity index (χ2v) is 5.39. The largest absolute Gasteiger partial charge is 0.504 e. The Hall–Kier alpha value is -2.05. The van der Waals surface area contributed by atoms with Crippen molar-refractivity contribution in [2.75, 3.05) is 8.84 Å². The highest BCUT2D eigenvalue weighted by atomic mass is 35.5. The molecule has 1 aromatic heterocycles. The van der Waals surface area contributed by atoms with Crippen molar-refractivity contribution in [1.82, 2.24) is 4.98 Å². The first-order valence-corrected chi connectivity index (χ1v) is 6.98. The first kappa shape index (κ1) is 16.3. The lowest BCUT2D eigenvalue weighted by Gasteiger charge is -2.20. The molecule has 1 aromatic carbocycles. The topological polar surface area (TPSA) is 73.7 Å². The van der Waals surface area contributed by atoms with E-state index in [1.807, 2.05) is 0 Å². The summed E-state index contributed by atoms with van der Waals surface area (Å²) in [5.74, 6) is -1.19. The molecule has 8 heteroatoms. The maximum atomic E-state index is 11.6. The Morgan fingerprint density at radius 3 is 2.18 bits per heavy atom. The molecule has 0 aliphatic rings. The number of anilines is 2. The fourth-order valence-electron chi connectivity index (χ4n) is 1.99. The first-order valence-electron chi connectivity index (χ1n) is 6.30. The van der Waals surface area contributed by atoms with Crippen molar-refractivity contribution in [2.45, 2.75) is 20.8 Å². The zero-order chi connectivity index (χ0) is 16.6. The van der Waals surface area contributed by atoms with Gasteiger partial charge in [-0.15, -0.1) is 0 Å². The van der Waals surface area contributed by atoms with Gasteiger partial charge in [0.15, 0.2) is 5.75 Å². The quantitative estimate of drug-likeness (QED) is 0.850. The molecule has 0 atom stereocenters. The van der Waals surface area contributed by atoms with Crippen LogP contribution in [0.25, 0.3) is 10.9 Å². The van der Waals surface area contributed by atoms with E-state index in [-0.39, 0.29) is 22.6 Å². The van der Waals surface area contributed by atoms with Crippen LogP contribution in [0.3, 0.4) is 0 Å². The maximum Gasteiger partial charge on any atom is 0.238 e. The number of amides is 2. The van der Waals surface area contributed by atoms with E-state index in [1.165, 1.54) is 19.9 Å². The van der Waals surface area contributed by atoms with Gasteiger partial charge in [-0.05, 0) is 25.1 Å². The van der Waals surface area contributed by atoms with Gasteiger partial charge in [0.1, 0.15) is 11.2 Å². The fraction of sp³-hybridized carbons (Fsp3) is 0.214. The smallest absolute Gasteiger partial charge is 0.238 e. The molecule has 22 heavy (non-hydrogen) atoms. The number of carbonyl (C=O) groups excluding carboxylic acids is 2. The van der Waals surface area contributed by atoms with Crippen LogP contribution in [-0.2, 0) is 9.59 Å². The monoisotopic (exact) mass is 341 g/mol. The van der Waals surface area contributed by atoms with E-state index in [2.05, 4.69) is 4.98 Å².